The molecule has 0 bridgehead atoms. The molecular weight excluding hydrogens is 384 g/mol. The van der Waals surface area contributed by atoms with Gasteiger partial charge in [0.05, 0.1) is 19.1 Å². The van der Waals surface area contributed by atoms with Gasteiger partial charge < -0.3 is 9.47 Å². The number of ether oxygens (including phenoxy) is 2. The fraction of sp³-hybridized carbons (Fsp3) is 0.393. The summed E-state index contributed by atoms with van der Waals surface area (Å²) in [5.74, 6) is 1.13. The summed E-state index contributed by atoms with van der Waals surface area (Å²) in [6.45, 7) is 2.31. The van der Waals surface area contributed by atoms with Crippen LogP contribution in [0, 0.1) is 0 Å². The fourth-order valence-corrected chi connectivity index (χ4v) is 5.35. The molecule has 1 unspecified atom stereocenters. The second-order valence-corrected chi connectivity index (χ2v) is 8.84. The molecular formula is C28H30O3. The number of hydrogen-bond donors (Lipinski definition) is 0. The van der Waals surface area contributed by atoms with Crippen LogP contribution in [0.3, 0.4) is 0 Å². The van der Waals surface area contributed by atoms with Gasteiger partial charge in [0.25, 0.3) is 0 Å². The number of hydrogen-bond acceptors (Lipinski definition) is 3. The third-order valence-corrected chi connectivity index (χ3v) is 6.85. The van der Waals surface area contributed by atoms with E-state index in [0.29, 0.717) is 19.1 Å². The van der Waals surface area contributed by atoms with E-state index in [1.54, 1.807) is 0 Å². The molecule has 1 saturated carbocycles. The van der Waals surface area contributed by atoms with Crippen molar-refractivity contribution in [2.24, 2.45) is 0 Å². The normalized spacial score (nSPS) is 18.3. The topological polar surface area (TPSA) is 35.5 Å². The number of esters is 1. The Balaban J connectivity index is 1.57. The highest BCUT2D eigenvalue weighted by atomic mass is 16.5. The van der Waals surface area contributed by atoms with Gasteiger partial charge in [0.1, 0.15) is 5.75 Å². The van der Waals surface area contributed by atoms with Gasteiger partial charge in [-0.15, -0.1) is 0 Å². The molecule has 3 aromatic carbocycles. The molecule has 0 N–H and O–H groups in total. The van der Waals surface area contributed by atoms with E-state index in [0.717, 1.165) is 31.4 Å². The summed E-state index contributed by atoms with van der Waals surface area (Å²) in [6, 6.07) is 19.5. The first-order valence-electron chi connectivity index (χ1n) is 11.7. The van der Waals surface area contributed by atoms with Gasteiger partial charge in [0, 0.05) is 5.56 Å². The molecule has 0 amide bonds. The number of fused-ring (bicyclic) bond motifs is 2. The SMILES string of the molecule is CCOC(=O)CC1CCc2c1ccc(OC1CCCC1)c2-c1ccc2ccccc2c1. The molecule has 3 heteroatoms. The lowest BCUT2D eigenvalue weighted by atomic mass is 9.91. The molecule has 0 heterocycles. The zero-order valence-corrected chi connectivity index (χ0v) is 18.2. The molecule has 0 aliphatic heterocycles. The van der Waals surface area contributed by atoms with Crippen LogP contribution in [0.2, 0.25) is 0 Å². The van der Waals surface area contributed by atoms with Crippen LogP contribution in [0.1, 0.15) is 62.5 Å². The zero-order chi connectivity index (χ0) is 21.2. The van der Waals surface area contributed by atoms with Crippen molar-refractivity contribution in [1.29, 1.82) is 0 Å². The molecule has 2 aliphatic rings. The van der Waals surface area contributed by atoms with E-state index in [1.807, 2.05) is 6.92 Å². The highest BCUT2D eigenvalue weighted by Crippen LogP contribution is 2.46. The average Bonchev–Trinajstić information content (AvgIpc) is 3.44. The second-order valence-electron chi connectivity index (χ2n) is 8.84. The Kier molecular flexibility index (Phi) is 5.67. The van der Waals surface area contributed by atoms with E-state index in [2.05, 4.69) is 54.6 Å². The third-order valence-electron chi connectivity index (χ3n) is 6.85. The standard InChI is InChI=1S/C28H30O3/c1-2-30-27(29)18-21-13-14-25-24(21)15-16-26(31-23-9-5-6-10-23)28(25)22-12-11-19-7-3-4-8-20(19)17-22/h3-4,7-8,11-12,15-17,21,23H,2,5-6,9-10,13-14,18H2,1H3. The van der Waals surface area contributed by atoms with E-state index >= 15 is 0 Å². The van der Waals surface area contributed by atoms with Gasteiger partial charge in [0.2, 0.25) is 0 Å². The first-order chi connectivity index (χ1) is 15.2. The number of carbonyl (C=O) groups excluding carboxylic acids is 1. The van der Waals surface area contributed by atoms with Crippen LogP contribution in [0.4, 0.5) is 0 Å². The van der Waals surface area contributed by atoms with Crippen molar-refractivity contribution in [3.63, 3.8) is 0 Å². The van der Waals surface area contributed by atoms with Crippen molar-refractivity contribution in [1.82, 2.24) is 0 Å². The lowest BCUT2D eigenvalue weighted by Crippen LogP contribution is -2.12. The van der Waals surface area contributed by atoms with Gasteiger partial charge in [-0.1, -0.05) is 42.5 Å². The predicted octanol–water partition coefficient (Wildman–Crippen LogP) is 6.81. The minimum atomic E-state index is -0.0983. The van der Waals surface area contributed by atoms with Crippen LogP contribution in [-0.4, -0.2) is 18.7 Å². The van der Waals surface area contributed by atoms with Gasteiger partial charge in [-0.05, 0) is 91.0 Å². The van der Waals surface area contributed by atoms with Crippen molar-refractivity contribution < 1.29 is 14.3 Å². The molecule has 3 nitrogen and oxygen atoms in total. The van der Waals surface area contributed by atoms with Crippen molar-refractivity contribution in [3.05, 3.63) is 65.7 Å². The Bertz CT molecular complexity index is 1090. The molecule has 31 heavy (non-hydrogen) atoms. The van der Waals surface area contributed by atoms with Gasteiger partial charge in [-0.3, -0.25) is 4.79 Å². The van der Waals surface area contributed by atoms with Crippen LogP contribution in [0.25, 0.3) is 21.9 Å². The average molecular weight is 415 g/mol. The fourth-order valence-electron chi connectivity index (χ4n) is 5.35. The van der Waals surface area contributed by atoms with Crippen LogP contribution in [-0.2, 0) is 16.0 Å². The number of benzene rings is 3. The van der Waals surface area contributed by atoms with Crippen molar-refractivity contribution >= 4 is 16.7 Å². The second kappa shape index (κ2) is 8.74. The van der Waals surface area contributed by atoms with Gasteiger partial charge in [0.15, 0.2) is 0 Å². The van der Waals surface area contributed by atoms with Crippen LogP contribution < -0.4 is 4.74 Å². The Labute approximate surface area is 184 Å². The largest absolute Gasteiger partial charge is 0.490 e. The Morgan fingerprint density at radius 2 is 1.77 bits per heavy atom. The lowest BCUT2D eigenvalue weighted by molar-refractivity contribution is -0.143. The minimum Gasteiger partial charge on any atom is -0.490 e. The molecule has 1 atom stereocenters. The molecule has 2 aliphatic carbocycles. The summed E-state index contributed by atoms with van der Waals surface area (Å²) >= 11 is 0. The first kappa shape index (κ1) is 20.1. The van der Waals surface area contributed by atoms with E-state index in [-0.39, 0.29) is 11.9 Å². The van der Waals surface area contributed by atoms with E-state index in [9.17, 15) is 4.79 Å². The smallest absolute Gasteiger partial charge is 0.306 e. The summed E-state index contributed by atoms with van der Waals surface area (Å²) in [7, 11) is 0. The van der Waals surface area contributed by atoms with Crippen molar-refractivity contribution in [3.8, 4) is 16.9 Å². The van der Waals surface area contributed by atoms with Gasteiger partial charge in [-0.2, -0.15) is 0 Å². The highest BCUT2D eigenvalue weighted by Gasteiger charge is 2.30. The first-order valence-corrected chi connectivity index (χ1v) is 11.7. The molecule has 0 radical (unpaired) electrons. The van der Waals surface area contributed by atoms with Crippen LogP contribution >= 0.6 is 0 Å². The zero-order valence-electron chi connectivity index (χ0n) is 18.2. The molecule has 0 aromatic heterocycles. The summed E-state index contributed by atoms with van der Waals surface area (Å²) in [4.78, 5) is 12.2. The predicted molar refractivity (Wildman–Crippen MR) is 125 cm³/mol. The summed E-state index contributed by atoms with van der Waals surface area (Å²) in [5, 5.41) is 2.49. The summed E-state index contributed by atoms with van der Waals surface area (Å²) in [5.41, 5.74) is 5.07. The van der Waals surface area contributed by atoms with Crippen LogP contribution in [0.5, 0.6) is 5.75 Å². The van der Waals surface area contributed by atoms with Crippen molar-refractivity contribution in [2.45, 2.75) is 63.9 Å². The highest BCUT2D eigenvalue weighted by molar-refractivity contribution is 5.89. The van der Waals surface area contributed by atoms with E-state index < -0.39 is 0 Å². The van der Waals surface area contributed by atoms with Gasteiger partial charge in [-0.25, -0.2) is 0 Å². The molecule has 3 aromatic rings. The maximum Gasteiger partial charge on any atom is 0.306 e. The number of carbonyl (C=O) groups is 1. The minimum absolute atomic E-state index is 0.0983. The summed E-state index contributed by atoms with van der Waals surface area (Å²) < 4.78 is 11.8. The molecule has 1 fully saturated rings. The maximum absolute atomic E-state index is 12.2. The Morgan fingerprint density at radius 3 is 2.58 bits per heavy atom. The third kappa shape index (κ3) is 4.06. The van der Waals surface area contributed by atoms with E-state index in [4.69, 9.17) is 9.47 Å². The molecule has 160 valence electrons. The Morgan fingerprint density at radius 1 is 0.968 bits per heavy atom. The van der Waals surface area contributed by atoms with Crippen molar-refractivity contribution in [2.75, 3.05) is 6.61 Å². The van der Waals surface area contributed by atoms with Crippen LogP contribution in [0.15, 0.2) is 54.6 Å². The maximum atomic E-state index is 12.2. The lowest BCUT2D eigenvalue weighted by Gasteiger charge is -2.21. The van der Waals surface area contributed by atoms with E-state index in [1.165, 1.54) is 45.9 Å². The molecule has 0 saturated heterocycles. The molecule has 0 spiro atoms. The molecule has 5 rings (SSSR count). The summed E-state index contributed by atoms with van der Waals surface area (Å²) in [6.07, 6.45) is 7.52. The van der Waals surface area contributed by atoms with Gasteiger partial charge >= 0.3 is 5.97 Å². The quantitative estimate of drug-likeness (QED) is 0.416. The number of rotatable bonds is 6. The Hall–Kier alpha value is -2.81. The monoisotopic (exact) mass is 414 g/mol.